The first-order chi connectivity index (χ1) is 19.9. The highest BCUT2D eigenvalue weighted by molar-refractivity contribution is 5.94. The molecule has 0 radical (unpaired) electrons. The lowest BCUT2D eigenvalue weighted by Crippen LogP contribution is -2.42. The van der Waals surface area contributed by atoms with E-state index in [9.17, 15) is 19.2 Å². The van der Waals surface area contributed by atoms with Gasteiger partial charge < -0.3 is 24.8 Å². The maximum atomic E-state index is 13.6. The number of hydrogen-bond donors (Lipinski definition) is 2. The number of methoxy groups -OCH3 is 1. The van der Waals surface area contributed by atoms with E-state index in [1.54, 1.807) is 73.8 Å². The van der Waals surface area contributed by atoms with Crippen molar-refractivity contribution in [1.29, 1.82) is 0 Å². The standard InChI is InChI=1S/C30H30N4O7/c1-39-14-4-13-31-28(36)21-9-7-20(8-10-21)18-34-29(37)23-5-2-3-6-24(23)33(30(34)38)19-27(35)32-22-11-12-25-26(17-22)41-16-15-40-25/h2-3,5-12,17H,4,13-16,18-19H2,1H3,(H,31,36)(H,32,35). The largest absolute Gasteiger partial charge is 0.486 e. The Morgan fingerprint density at radius 1 is 0.927 bits per heavy atom. The van der Waals surface area contributed by atoms with Gasteiger partial charge >= 0.3 is 5.69 Å². The summed E-state index contributed by atoms with van der Waals surface area (Å²) >= 11 is 0. The number of carbonyl (C=O) groups excluding carboxylic acids is 2. The molecule has 2 N–H and O–H groups in total. The molecule has 2 amide bonds. The third kappa shape index (κ3) is 6.30. The second-order valence-corrected chi connectivity index (χ2v) is 9.48. The van der Waals surface area contributed by atoms with Gasteiger partial charge in [0.15, 0.2) is 11.5 Å². The molecule has 4 aromatic rings. The highest BCUT2D eigenvalue weighted by atomic mass is 16.6. The monoisotopic (exact) mass is 558 g/mol. The van der Waals surface area contributed by atoms with E-state index in [2.05, 4.69) is 10.6 Å². The number of benzene rings is 3. The lowest BCUT2D eigenvalue weighted by molar-refractivity contribution is -0.116. The molecule has 0 saturated carbocycles. The number of hydrogen-bond acceptors (Lipinski definition) is 7. The molecule has 0 aliphatic carbocycles. The zero-order valence-electron chi connectivity index (χ0n) is 22.6. The van der Waals surface area contributed by atoms with E-state index < -0.39 is 17.2 Å². The van der Waals surface area contributed by atoms with Crippen LogP contribution in [0.4, 0.5) is 5.69 Å². The van der Waals surface area contributed by atoms with Crippen LogP contribution in [0.1, 0.15) is 22.3 Å². The second kappa shape index (κ2) is 12.5. The molecule has 41 heavy (non-hydrogen) atoms. The van der Waals surface area contributed by atoms with Crippen LogP contribution in [0, 0.1) is 0 Å². The van der Waals surface area contributed by atoms with Gasteiger partial charge in [-0.25, -0.2) is 4.79 Å². The van der Waals surface area contributed by atoms with Crippen LogP contribution in [0.5, 0.6) is 11.5 Å². The van der Waals surface area contributed by atoms with Gasteiger partial charge in [-0.05, 0) is 48.4 Å². The van der Waals surface area contributed by atoms with E-state index in [1.165, 1.54) is 4.57 Å². The van der Waals surface area contributed by atoms with Crippen LogP contribution in [0.3, 0.4) is 0 Å². The van der Waals surface area contributed by atoms with Crippen molar-refractivity contribution in [3.05, 3.63) is 98.7 Å². The van der Waals surface area contributed by atoms with E-state index in [1.807, 2.05) is 0 Å². The summed E-state index contributed by atoms with van der Waals surface area (Å²) in [5, 5.41) is 5.92. The SMILES string of the molecule is COCCCNC(=O)c1ccc(Cn2c(=O)c3ccccc3n(CC(=O)Nc3ccc4c(c3)OCCO4)c2=O)cc1. The zero-order chi connectivity index (χ0) is 28.8. The van der Waals surface area contributed by atoms with Crippen molar-refractivity contribution >= 4 is 28.4 Å². The summed E-state index contributed by atoms with van der Waals surface area (Å²) in [5.74, 6) is 0.459. The summed E-state index contributed by atoms with van der Waals surface area (Å²) in [7, 11) is 1.60. The van der Waals surface area contributed by atoms with Crippen molar-refractivity contribution in [2.75, 3.05) is 38.8 Å². The van der Waals surface area contributed by atoms with Crippen molar-refractivity contribution in [3.8, 4) is 11.5 Å². The molecule has 0 fully saturated rings. The summed E-state index contributed by atoms with van der Waals surface area (Å²) < 4.78 is 18.5. The summed E-state index contributed by atoms with van der Waals surface area (Å²) in [5.41, 5.74) is 0.886. The number of carbonyl (C=O) groups is 2. The average molecular weight is 559 g/mol. The van der Waals surface area contributed by atoms with Gasteiger partial charge in [-0.3, -0.25) is 23.5 Å². The fraction of sp³-hybridized carbons (Fsp3) is 0.267. The fourth-order valence-electron chi connectivity index (χ4n) is 4.59. The predicted octanol–water partition coefficient (Wildman–Crippen LogP) is 2.39. The maximum absolute atomic E-state index is 13.6. The molecule has 0 spiro atoms. The molecule has 1 aromatic heterocycles. The first-order valence-corrected chi connectivity index (χ1v) is 13.2. The van der Waals surface area contributed by atoms with Gasteiger partial charge in [-0.1, -0.05) is 24.3 Å². The smallest absolute Gasteiger partial charge is 0.332 e. The average Bonchev–Trinajstić information content (AvgIpc) is 3.00. The number of amides is 2. The first kappa shape index (κ1) is 27.7. The van der Waals surface area contributed by atoms with Crippen molar-refractivity contribution in [3.63, 3.8) is 0 Å². The summed E-state index contributed by atoms with van der Waals surface area (Å²) in [6.45, 7) is 1.58. The molecule has 1 aliphatic heterocycles. The van der Waals surface area contributed by atoms with Crippen LogP contribution in [0.15, 0.2) is 76.3 Å². The van der Waals surface area contributed by atoms with Crippen molar-refractivity contribution in [2.24, 2.45) is 0 Å². The van der Waals surface area contributed by atoms with Crippen LogP contribution >= 0.6 is 0 Å². The molecule has 3 aromatic carbocycles. The van der Waals surface area contributed by atoms with E-state index in [0.29, 0.717) is 72.0 Å². The molecular formula is C30H30N4O7. The number of fused-ring (bicyclic) bond motifs is 2. The van der Waals surface area contributed by atoms with Gasteiger partial charge in [0.1, 0.15) is 19.8 Å². The lowest BCUT2D eigenvalue weighted by atomic mass is 10.1. The van der Waals surface area contributed by atoms with Gasteiger partial charge in [0.25, 0.3) is 11.5 Å². The number of para-hydroxylation sites is 1. The van der Waals surface area contributed by atoms with E-state index in [0.717, 1.165) is 4.57 Å². The normalized spacial score (nSPS) is 12.2. The fourth-order valence-corrected chi connectivity index (χ4v) is 4.59. The van der Waals surface area contributed by atoms with Gasteiger partial charge in [-0.2, -0.15) is 0 Å². The molecule has 0 unspecified atom stereocenters. The van der Waals surface area contributed by atoms with E-state index >= 15 is 0 Å². The Hall–Kier alpha value is -4.90. The van der Waals surface area contributed by atoms with Crippen molar-refractivity contribution < 1.29 is 23.8 Å². The number of ether oxygens (including phenoxy) is 3. The Morgan fingerprint density at radius 2 is 1.68 bits per heavy atom. The molecule has 0 bridgehead atoms. The van der Waals surface area contributed by atoms with Crippen LogP contribution < -0.4 is 31.4 Å². The Morgan fingerprint density at radius 3 is 2.46 bits per heavy atom. The predicted molar refractivity (Wildman–Crippen MR) is 153 cm³/mol. The maximum Gasteiger partial charge on any atom is 0.332 e. The number of aromatic nitrogens is 2. The molecule has 1 aliphatic rings. The highest BCUT2D eigenvalue weighted by Gasteiger charge is 2.17. The minimum absolute atomic E-state index is 0.0258. The number of nitrogens with one attached hydrogen (secondary N) is 2. The Balaban J connectivity index is 1.37. The lowest BCUT2D eigenvalue weighted by Gasteiger charge is -2.19. The third-order valence-corrected chi connectivity index (χ3v) is 6.63. The Labute approximate surface area is 235 Å². The summed E-state index contributed by atoms with van der Waals surface area (Å²) in [6.07, 6.45) is 0.701. The van der Waals surface area contributed by atoms with Crippen molar-refractivity contribution in [2.45, 2.75) is 19.5 Å². The van der Waals surface area contributed by atoms with Crippen LogP contribution in [-0.2, 0) is 22.6 Å². The molecule has 5 rings (SSSR count). The minimum atomic E-state index is -0.619. The molecule has 212 valence electrons. The van der Waals surface area contributed by atoms with Gasteiger partial charge in [0.05, 0.1) is 17.4 Å². The van der Waals surface area contributed by atoms with E-state index in [-0.39, 0.29) is 19.0 Å². The van der Waals surface area contributed by atoms with Gasteiger partial charge in [-0.15, -0.1) is 0 Å². The number of rotatable bonds is 10. The summed E-state index contributed by atoms with van der Waals surface area (Å²) in [4.78, 5) is 52.3. The Kier molecular flexibility index (Phi) is 8.44. The zero-order valence-corrected chi connectivity index (χ0v) is 22.6. The summed E-state index contributed by atoms with van der Waals surface area (Å²) in [6, 6.07) is 18.4. The van der Waals surface area contributed by atoms with Gasteiger partial charge in [0, 0.05) is 37.6 Å². The minimum Gasteiger partial charge on any atom is -0.486 e. The number of anilines is 1. The van der Waals surface area contributed by atoms with Crippen LogP contribution in [0.2, 0.25) is 0 Å². The molecule has 11 nitrogen and oxygen atoms in total. The van der Waals surface area contributed by atoms with Crippen LogP contribution in [-0.4, -0.2) is 54.4 Å². The Bertz CT molecular complexity index is 1690. The molecular weight excluding hydrogens is 528 g/mol. The number of nitrogens with zero attached hydrogens (tertiary/aromatic N) is 2. The molecule has 0 saturated heterocycles. The molecule has 11 heteroatoms. The van der Waals surface area contributed by atoms with Crippen LogP contribution in [0.25, 0.3) is 10.9 Å². The third-order valence-electron chi connectivity index (χ3n) is 6.63. The molecule has 0 atom stereocenters. The topological polar surface area (TPSA) is 130 Å². The highest BCUT2D eigenvalue weighted by Crippen LogP contribution is 2.32. The van der Waals surface area contributed by atoms with Gasteiger partial charge in [0.2, 0.25) is 5.91 Å². The quantitative estimate of drug-likeness (QED) is 0.286. The first-order valence-electron chi connectivity index (χ1n) is 13.2. The van der Waals surface area contributed by atoms with Crippen molar-refractivity contribution in [1.82, 2.24) is 14.5 Å². The van der Waals surface area contributed by atoms with E-state index in [4.69, 9.17) is 14.2 Å². The second-order valence-electron chi connectivity index (χ2n) is 9.48. The molecule has 2 heterocycles.